The number of nitrogens with one attached hydrogen (secondary N) is 2. The van der Waals surface area contributed by atoms with Crippen molar-refractivity contribution in [3.8, 4) is 5.88 Å². The van der Waals surface area contributed by atoms with Gasteiger partial charge >= 0.3 is 0 Å². The lowest BCUT2D eigenvalue weighted by Gasteiger charge is -2.26. The fourth-order valence-electron chi connectivity index (χ4n) is 3.38. The molecule has 3 rings (SSSR count). The van der Waals surface area contributed by atoms with E-state index in [9.17, 15) is 0 Å². The second-order valence-electron chi connectivity index (χ2n) is 7.46. The van der Waals surface area contributed by atoms with Crippen molar-refractivity contribution in [2.75, 3.05) is 13.6 Å². The summed E-state index contributed by atoms with van der Waals surface area (Å²) in [5.74, 6) is 2.33. The van der Waals surface area contributed by atoms with E-state index in [-0.39, 0.29) is 0 Å². The molecule has 1 saturated carbocycles. The van der Waals surface area contributed by atoms with E-state index in [1.165, 1.54) is 12.8 Å². The normalized spacial score (nSPS) is 20.0. The summed E-state index contributed by atoms with van der Waals surface area (Å²) in [6.07, 6.45) is 7.75. The van der Waals surface area contributed by atoms with Crippen molar-refractivity contribution in [2.24, 2.45) is 10.9 Å². The first-order valence-corrected chi connectivity index (χ1v) is 11.0. The molecule has 0 saturated heterocycles. The molecule has 2 aromatic heterocycles. The lowest BCUT2D eigenvalue weighted by Crippen LogP contribution is -2.37. The monoisotopic (exact) mass is 401 g/mol. The summed E-state index contributed by atoms with van der Waals surface area (Å²) in [6, 6.07) is 4.03. The van der Waals surface area contributed by atoms with Gasteiger partial charge in [-0.25, -0.2) is 9.97 Å². The maximum absolute atomic E-state index is 6.10. The number of hydrogen-bond acceptors (Lipinski definition) is 5. The average Bonchev–Trinajstić information content (AvgIpc) is 3.12. The summed E-state index contributed by atoms with van der Waals surface area (Å²) in [5, 5.41) is 9.91. The number of pyridine rings is 1. The van der Waals surface area contributed by atoms with E-state index < -0.39 is 0 Å². The lowest BCUT2D eigenvalue weighted by molar-refractivity contribution is 0.130. The molecular formula is C21H31N5OS. The highest BCUT2D eigenvalue weighted by Gasteiger charge is 2.19. The molecule has 7 heteroatoms. The molecule has 2 aromatic rings. The van der Waals surface area contributed by atoms with Crippen LogP contribution in [0.15, 0.2) is 28.7 Å². The van der Waals surface area contributed by atoms with Crippen molar-refractivity contribution >= 4 is 17.3 Å². The van der Waals surface area contributed by atoms with Crippen molar-refractivity contribution in [3.05, 3.63) is 40.0 Å². The van der Waals surface area contributed by atoms with Gasteiger partial charge in [-0.05, 0) is 50.2 Å². The molecule has 1 fully saturated rings. The SMILES string of the molecule is CN=C(NCCc1csc(C)n1)NCc1ccnc(OC2CCC(C)CC2)c1. The number of aryl methyl sites for hydroxylation is 1. The molecule has 0 amide bonds. The van der Waals surface area contributed by atoms with Gasteiger partial charge in [0.25, 0.3) is 0 Å². The van der Waals surface area contributed by atoms with Crippen LogP contribution in [0.4, 0.5) is 0 Å². The van der Waals surface area contributed by atoms with Crippen LogP contribution in [0, 0.1) is 12.8 Å². The third-order valence-corrected chi connectivity index (χ3v) is 5.90. The number of aromatic nitrogens is 2. The third kappa shape index (κ3) is 6.48. The van der Waals surface area contributed by atoms with Gasteiger partial charge in [-0.15, -0.1) is 11.3 Å². The standard InChI is InChI=1S/C21H31N5OS/c1-15-4-6-19(7-5-15)27-20-12-17(8-10-23-20)13-25-21(22-3)24-11-9-18-14-28-16(2)26-18/h8,10,12,14-15,19H,4-7,9,11,13H2,1-3H3,(H2,22,24,25). The molecule has 2 N–H and O–H groups in total. The van der Waals surface area contributed by atoms with Gasteiger partial charge < -0.3 is 15.4 Å². The van der Waals surface area contributed by atoms with Crippen LogP contribution < -0.4 is 15.4 Å². The van der Waals surface area contributed by atoms with Gasteiger partial charge in [-0.3, -0.25) is 4.99 Å². The molecule has 0 bridgehead atoms. The highest BCUT2D eigenvalue weighted by Crippen LogP contribution is 2.26. The minimum Gasteiger partial charge on any atom is -0.474 e. The number of thiazole rings is 1. The Labute approximate surface area is 171 Å². The van der Waals surface area contributed by atoms with Crippen LogP contribution in [-0.4, -0.2) is 35.6 Å². The van der Waals surface area contributed by atoms with Crippen LogP contribution in [0.5, 0.6) is 5.88 Å². The van der Waals surface area contributed by atoms with E-state index in [1.807, 2.05) is 25.3 Å². The van der Waals surface area contributed by atoms with Gasteiger partial charge in [-0.2, -0.15) is 0 Å². The first-order valence-electron chi connectivity index (χ1n) is 10.1. The summed E-state index contributed by atoms with van der Waals surface area (Å²) in [4.78, 5) is 13.2. The molecule has 0 aliphatic heterocycles. The minimum atomic E-state index is 0.302. The zero-order valence-electron chi connectivity index (χ0n) is 17.1. The van der Waals surface area contributed by atoms with Crippen LogP contribution in [0.25, 0.3) is 0 Å². The predicted octanol–water partition coefficient (Wildman–Crippen LogP) is 3.71. The maximum Gasteiger partial charge on any atom is 0.213 e. The van der Waals surface area contributed by atoms with Gasteiger partial charge in [0.1, 0.15) is 6.10 Å². The summed E-state index contributed by atoms with van der Waals surface area (Å²) in [7, 11) is 1.79. The van der Waals surface area contributed by atoms with Crippen LogP contribution in [-0.2, 0) is 13.0 Å². The molecule has 0 spiro atoms. The van der Waals surface area contributed by atoms with Gasteiger partial charge in [0.05, 0.1) is 10.7 Å². The quantitative estimate of drug-likeness (QED) is 0.547. The Morgan fingerprint density at radius 3 is 2.82 bits per heavy atom. The fraction of sp³-hybridized carbons (Fsp3) is 0.571. The van der Waals surface area contributed by atoms with E-state index >= 15 is 0 Å². The number of ether oxygens (including phenoxy) is 1. The van der Waals surface area contributed by atoms with E-state index in [4.69, 9.17) is 4.74 Å². The number of rotatable bonds is 7. The average molecular weight is 402 g/mol. The molecule has 0 aromatic carbocycles. The van der Waals surface area contributed by atoms with Crippen LogP contribution in [0.3, 0.4) is 0 Å². The van der Waals surface area contributed by atoms with E-state index in [0.29, 0.717) is 12.6 Å². The molecular weight excluding hydrogens is 370 g/mol. The highest BCUT2D eigenvalue weighted by atomic mass is 32.1. The maximum atomic E-state index is 6.10. The van der Waals surface area contributed by atoms with Crippen molar-refractivity contribution in [3.63, 3.8) is 0 Å². The fourth-order valence-corrected chi connectivity index (χ4v) is 4.03. The van der Waals surface area contributed by atoms with Gasteiger partial charge in [-0.1, -0.05) is 6.92 Å². The Morgan fingerprint density at radius 1 is 1.29 bits per heavy atom. The predicted molar refractivity (Wildman–Crippen MR) is 115 cm³/mol. The molecule has 0 radical (unpaired) electrons. The lowest BCUT2D eigenvalue weighted by atomic mass is 9.89. The largest absolute Gasteiger partial charge is 0.474 e. The smallest absolute Gasteiger partial charge is 0.213 e. The molecule has 152 valence electrons. The summed E-state index contributed by atoms with van der Waals surface area (Å²) in [5.41, 5.74) is 2.26. The number of aliphatic imine (C=N–C) groups is 1. The highest BCUT2D eigenvalue weighted by molar-refractivity contribution is 7.09. The van der Waals surface area contributed by atoms with Gasteiger partial charge in [0.15, 0.2) is 5.96 Å². The Kier molecular flexibility index (Phi) is 7.65. The summed E-state index contributed by atoms with van der Waals surface area (Å²) < 4.78 is 6.10. The van der Waals surface area contributed by atoms with Crippen molar-refractivity contribution < 1.29 is 4.74 Å². The third-order valence-electron chi connectivity index (χ3n) is 5.07. The van der Waals surface area contributed by atoms with Crippen LogP contribution >= 0.6 is 11.3 Å². The van der Waals surface area contributed by atoms with Crippen molar-refractivity contribution in [2.45, 2.75) is 58.6 Å². The molecule has 0 atom stereocenters. The van der Waals surface area contributed by atoms with Crippen molar-refractivity contribution in [1.29, 1.82) is 0 Å². The Bertz CT molecular complexity index is 768. The number of hydrogen-bond donors (Lipinski definition) is 2. The van der Waals surface area contributed by atoms with Gasteiger partial charge in [0.2, 0.25) is 5.88 Å². The zero-order valence-corrected chi connectivity index (χ0v) is 17.9. The summed E-state index contributed by atoms with van der Waals surface area (Å²) in [6.45, 7) is 5.83. The second kappa shape index (κ2) is 10.4. The minimum absolute atomic E-state index is 0.302. The molecule has 1 aliphatic rings. The molecule has 28 heavy (non-hydrogen) atoms. The van der Waals surface area contributed by atoms with Crippen molar-refractivity contribution in [1.82, 2.24) is 20.6 Å². The summed E-state index contributed by atoms with van der Waals surface area (Å²) >= 11 is 1.69. The first kappa shape index (κ1) is 20.6. The number of guanidine groups is 1. The Morgan fingerprint density at radius 2 is 2.11 bits per heavy atom. The topological polar surface area (TPSA) is 71.4 Å². The van der Waals surface area contributed by atoms with E-state index in [1.54, 1.807) is 18.4 Å². The van der Waals surface area contributed by atoms with E-state index in [0.717, 1.165) is 59.8 Å². The van der Waals surface area contributed by atoms with E-state index in [2.05, 4.69) is 37.9 Å². The molecule has 6 nitrogen and oxygen atoms in total. The first-order chi connectivity index (χ1) is 13.6. The zero-order chi connectivity index (χ0) is 19.8. The van der Waals surface area contributed by atoms with Gasteiger partial charge in [0, 0.05) is 44.2 Å². The molecule has 2 heterocycles. The Hall–Kier alpha value is -2.15. The number of nitrogens with zero attached hydrogens (tertiary/aromatic N) is 3. The second-order valence-corrected chi connectivity index (χ2v) is 8.52. The Balaban J connectivity index is 1.43. The molecule has 1 aliphatic carbocycles. The van der Waals surface area contributed by atoms with Crippen LogP contribution in [0.1, 0.15) is 48.9 Å². The molecule has 0 unspecified atom stereocenters. The van der Waals surface area contributed by atoms with Crippen LogP contribution in [0.2, 0.25) is 0 Å².